The van der Waals surface area contributed by atoms with Crippen molar-refractivity contribution >= 4 is 11.6 Å². The molecule has 3 nitrogen and oxygen atoms in total. The maximum atomic E-state index is 6.22. The van der Waals surface area contributed by atoms with Crippen molar-refractivity contribution in [2.24, 2.45) is 0 Å². The maximum Gasteiger partial charge on any atom is 0.134 e. The minimum atomic E-state index is -0.121. The third-order valence-corrected chi connectivity index (χ3v) is 3.95. The molecule has 2 heterocycles. The van der Waals surface area contributed by atoms with Crippen LogP contribution in [0.15, 0.2) is 54.7 Å². The number of nitrogens with zero attached hydrogens (tertiary/aromatic N) is 1. The average molecular weight is 302 g/mol. The van der Waals surface area contributed by atoms with Crippen molar-refractivity contribution in [3.8, 4) is 5.75 Å². The van der Waals surface area contributed by atoms with Crippen molar-refractivity contribution in [2.45, 2.75) is 12.0 Å². The van der Waals surface area contributed by atoms with Gasteiger partial charge in [0.2, 0.25) is 0 Å². The summed E-state index contributed by atoms with van der Waals surface area (Å²) in [6, 6.07) is 11.9. The Bertz CT molecular complexity index is 639. The number of benzene rings is 1. The highest BCUT2D eigenvalue weighted by atomic mass is 35.5. The second-order valence-electron chi connectivity index (χ2n) is 4.86. The molecule has 0 aliphatic carbocycles. The van der Waals surface area contributed by atoms with Crippen LogP contribution in [-0.2, 0) is 4.74 Å². The molecule has 0 unspecified atom stereocenters. The lowest BCUT2D eigenvalue weighted by Crippen LogP contribution is -2.18. The van der Waals surface area contributed by atoms with Crippen LogP contribution < -0.4 is 4.74 Å². The molecule has 0 N–H and O–H groups in total. The first-order chi connectivity index (χ1) is 10.3. The van der Waals surface area contributed by atoms with Crippen LogP contribution in [0.4, 0.5) is 0 Å². The van der Waals surface area contributed by atoms with Gasteiger partial charge < -0.3 is 9.47 Å². The van der Waals surface area contributed by atoms with Crippen LogP contribution in [0, 0.1) is 0 Å². The minimum Gasteiger partial charge on any atom is -0.497 e. The zero-order valence-corrected chi connectivity index (χ0v) is 12.5. The number of rotatable bonds is 3. The van der Waals surface area contributed by atoms with Gasteiger partial charge in [0.1, 0.15) is 10.9 Å². The number of halogens is 1. The number of methoxy groups -OCH3 is 1. The fourth-order valence-corrected chi connectivity index (χ4v) is 2.80. The van der Waals surface area contributed by atoms with Crippen LogP contribution in [0.3, 0.4) is 0 Å². The van der Waals surface area contributed by atoms with Crippen LogP contribution in [0.2, 0.25) is 5.15 Å². The summed E-state index contributed by atoms with van der Waals surface area (Å²) in [5.41, 5.74) is 2.08. The summed E-state index contributed by atoms with van der Waals surface area (Å²) >= 11 is 6.22. The molecule has 4 heteroatoms. The lowest BCUT2D eigenvalue weighted by molar-refractivity contribution is 0.0535. The molecule has 0 saturated heterocycles. The SMILES string of the molecule is COc1ccc([C@H]2C=CCO[C@@H]2c2cccnc2Cl)cc1. The molecule has 2 atom stereocenters. The minimum absolute atomic E-state index is 0.117. The van der Waals surface area contributed by atoms with Crippen molar-refractivity contribution in [2.75, 3.05) is 13.7 Å². The third kappa shape index (κ3) is 2.94. The maximum absolute atomic E-state index is 6.22. The molecule has 0 fully saturated rings. The first-order valence-electron chi connectivity index (χ1n) is 6.82. The molecule has 1 aromatic carbocycles. The van der Waals surface area contributed by atoms with E-state index < -0.39 is 0 Å². The molecule has 1 aliphatic rings. The number of pyridine rings is 1. The van der Waals surface area contributed by atoms with Crippen LogP contribution in [0.5, 0.6) is 5.75 Å². The van der Waals surface area contributed by atoms with Gasteiger partial charge in [0.25, 0.3) is 0 Å². The molecule has 21 heavy (non-hydrogen) atoms. The molecular weight excluding hydrogens is 286 g/mol. The van der Waals surface area contributed by atoms with Gasteiger partial charge in [-0.2, -0.15) is 0 Å². The second-order valence-corrected chi connectivity index (χ2v) is 5.22. The molecule has 1 aliphatic heterocycles. The Morgan fingerprint density at radius 2 is 2.05 bits per heavy atom. The summed E-state index contributed by atoms with van der Waals surface area (Å²) in [5.74, 6) is 0.960. The molecule has 0 spiro atoms. The van der Waals surface area contributed by atoms with Crippen LogP contribution >= 0.6 is 11.6 Å². The molecule has 0 amide bonds. The number of hydrogen-bond acceptors (Lipinski definition) is 3. The molecule has 0 saturated carbocycles. The standard InChI is InChI=1S/C17H16ClNO2/c1-20-13-8-6-12(7-9-13)14-5-3-11-21-16(14)15-4-2-10-19-17(15)18/h2-10,14,16H,11H2,1H3/t14-,16+/m1/s1. The topological polar surface area (TPSA) is 31.4 Å². The monoisotopic (exact) mass is 301 g/mol. The second kappa shape index (κ2) is 6.29. The average Bonchev–Trinajstić information content (AvgIpc) is 2.55. The molecule has 0 radical (unpaired) electrons. The van der Waals surface area contributed by atoms with E-state index in [2.05, 4.69) is 23.2 Å². The van der Waals surface area contributed by atoms with E-state index in [1.165, 1.54) is 0 Å². The van der Waals surface area contributed by atoms with Gasteiger partial charge in [-0.15, -0.1) is 0 Å². The van der Waals surface area contributed by atoms with E-state index in [-0.39, 0.29) is 12.0 Å². The van der Waals surface area contributed by atoms with Crippen molar-refractivity contribution in [1.29, 1.82) is 0 Å². The Morgan fingerprint density at radius 3 is 2.76 bits per heavy atom. The number of hydrogen-bond donors (Lipinski definition) is 0. The van der Waals surface area contributed by atoms with Crippen molar-refractivity contribution < 1.29 is 9.47 Å². The summed E-state index contributed by atoms with van der Waals surface area (Å²) in [4.78, 5) is 4.15. The predicted molar refractivity (Wildman–Crippen MR) is 82.8 cm³/mol. The molecule has 1 aromatic heterocycles. The Balaban J connectivity index is 1.96. The van der Waals surface area contributed by atoms with Gasteiger partial charge in [-0.3, -0.25) is 0 Å². The fourth-order valence-electron chi connectivity index (χ4n) is 2.57. The molecule has 108 valence electrons. The van der Waals surface area contributed by atoms with Crippen molar-refractivity contribution in [3.63, 3.8) is 0 Å². The Morgan fingerprint density at radius 1 is 1.24 bits per heavy atom. The highest BCUT2D eigenvalue weighted by Crippen LogP contribution is 2.39. The summed E-state index contributed by atoms with van der Waals surface area (Å²) in [7, 11) is 1.66. The van der Waals surface area contributed by atoms with E-state index in [1.54, 1.807) is 13.3 Å². The van der Waals surface area contributed by atoms with Crippen LogP contribution in [0.1, 0.15) is 23.1 Å². The smallest absolute Gasteiger partial charge is 0.134 e. The Labute approximate surface area is 129 Å². The van der Waals surface area contributed by atoms with Gasteiger partial charge in [-0.1, -0.05) is 42.0 Å². The predicted octanol–water partition coefficient (Wildman–Crippen LogP) is 4.15. The molecule has 3 rings (SSSR count). The van der Waals surface area contributed by atoms with E-state index in [4.69, 9.17) is 21.1 Å². The summed E-state index contributed by atoms with van der Waals surface area (Å²) in [6.45, 7) is 0.586. The van der Waals surface area contributed by atoms with E-state index >= 15 is 0 Å². The highest BCUT2D eigenvalue weighted by Gasteiger charge is 2.27. The third-order valence-electron chi connectivity index (χ3n) is 3.64. The zero-order chi connectivity index (χ0) is 14.7. The van der Waals surface area contributed by atoms with Gasteiger partial charge in [0.05, 0.1) is 19.8 Å². The van der Waals surface area contributed by atoms with Crippen molar-refractivity contribution in [1.82, 2.24) is 4.98 Å². The molecule has 0 bridgehead atoms. The van der Waals surface area contributed by atoms with E-state index in [9.17, 15) is 0 Å². The summed E-state index contributed by atoms with van der Waals surface area (Å²) in [6.07, 6.45) is 5.77. The van der Waals surface area contributed by atoms with E-state index in [1.807, 2.05) is 30.3 Å². The normalized spacial score (nSPS) is 21.2. The lowest BCUT2D eigenvalue weighted by atomic mass is 9.88. The number of aromatic nitrogens is 1. The first kappa shape index (κ1) is 14.1. The summed E-state index contributed by atoms with van der Waals surface area (Å²) in [5, 5.41) is 0.497. The van der Waals surface area contributed by atoms with E-state index in [0.29, 0.717) is 11.8 Å². The van der Waals surface area contributed by atoms with Crippen LogP contribution in [0.25, 0.3) is 0 Å². The van der Waals surface area contributed by atoms with E-state index in [0.717, 1.165) is 16.9 Å². The quantitative estimate of drug-likeness (QED) is 0.630. The zero-order valence-electron chi connectivity index (χ0n) is 11.7. The van der Waals surface area contributed by atoms with Gasteiger partial charge >= 0.3 is 0 Å². The lowest BCUT2D eigenvalue weighted by Gasteiger charge is -2.29. The first-order valence-corrected chi connectivity index (χ1v) is 7.20. The number of ether oxygens (including phenoxy) is 2. The highest BCUT2D eigenvalue weighted by molar-refractivity contribution is 6.30. The summed E-state index contributed by atoms with van der Waals surface area (Å²) < 4.78 is 11.1. The van der Waals surface area contributed by atoms with Gasteiger partial charge in [-0.25, -0.2) is 4.98 Å². The fraction of sp³-hybridized carbons (Fsp3) is 0.235. The van der Waals surface area contributed by atoms with Gasteiger partial charge in [0.15, 0.2) is 0 Å². The van der Waals surface area contributed by atoms with Crippen molar-refractivity contribution in [3.05, 3.63) is 71.0 Å². The van der Waals surface area contributed by atoms with Crippen LogP contribution in [-0.4, -0.2) is 18.7 Å². The Hall–Kier alpha value is -1.84. The largest absolute Gasteiger partial charge is 0.497 e. The molecule has 2 aromatic rings. The van der Waals surface area contributed by atoms with Gasteiger partial charge in [0, 0.05) is 17.7 Å². The Kier molecular flexibility index (Phi) is 4.23. The molecular formula is C17H16ClNO2. The van der Waals surface area contributed by atoms with Gasteiger partial charge in [-0.05, 0) is 23.8 Å².